The number of aromatic nitrogens is 1. The summed E-state index contributed by atoms with van der Waals surface area (Å²) in [4.78, 5) is 16.0. The summed E-state index contributed by atoms with van der Waals surface area (Å²) in [5.41, 5.74) is 0.683. The maximum atomic E-state index is 12.1. The van der Waals surface area contributed by atoms with Gasteiger partial charge in [-0.1, -0.05) is 26.8 Å². The molecular formula is C13H16N2O. The lowest BCUT2D eigenvalue weighted by atomic mass is 9.84. The predicted octanol–water partition coefficient (Wildman–Crippen LogP) is 2.55. The van der Waals surface area contributed by atoms with Crippen LogP contribution in [-0.2, 0) is 4.79 Å². The molecule has 84 valence electrons. The van der Waals surface area contributed by atoms with Crippen LogP contribution in [0.3, 0.4) is 0 Å². The van der Waals surface area contributed by atoms with Crippen molar-refractivity contribution in [1.82, 2.24) is 4.98 Å². The third-order valence-corrected chi connectivity index (χ3v) is 2.88. The van der Waals surface area contributed by atoms with Gasteiger partial charge in [-0.3, -0.25) is 9.78 Å². The molecule has 0 amide bonds. The van der Waals surface area contributed by atoms with E-state index in [0.717, 1.165) is 0 Å². The molecule has 2 unspecified atom stereocenters. The van der Waals surface area contributed by atoms with Crippen molar-refractivity contribution in [3.8, 4) is 6.07 Å². The van der Waals surface area contributed by atoms with E-state index in [4.69, 9.17) is 5.26 Å². The van der Waals surface area contributed by atoms with Crippen molar-refractivity contribution >= 4 is 5.78 Å². The van der Waals surface area contributed by atoms with Gasteiger partial charge in [-0.25, -0.2) is 0 Å². The molecule has 0 aromatic carbocycles. The average molecular weight is 216 g/mol. The Morgan fingerprint density at radius 3 is 2.56 bits per heavy atom. The number of Topliss-reactive ketones (excluding diaryl/α,β-unsaturated/α-hetero) is 1. The standard InChI is InChI=1S/C13H16N2O/c1-9(2)10(3)13(16)12(7-14)11-5-4-6-15-8-11/h4-6,8-10,12H,1-3H3. The van der Waals surface area contributed by atoms with E-state index in [9.17, 15) is 4.79 Å². The van der Waals surface area contributed by atoms with E-state index in [-0.39, 0.29) is 17.6 Å². The van der Waals surface area contributed by atoms with Crippen LogP contribution in [0.15, 0.2) is 24.5 Å². The van der Waals surface area contributed by atoms with Gasteiger partial charge < -0.3 is 0 Å². The van der Waals surface area contributed by atoms with Crippen LogP contribution in [0.1, 0.15) is 32.3 Å². The Morgan fingerprint density at radius 2 is 2.12 bits per heavy atom. The molecule has 3 nitrogen and oxygen atoms in total. The summed E-state index contributed by atoms with van der Waals surface area (Å²) < 4.78 is 0. The highest BCUT2D eigenvalue weighted by atomic mass is 16.1. The Hall–Kier alpha value is -1.69. The number of carbonyl (C=O) groups is 1. The molecule has 0 saturated carbocycles. The van der Waals surface area contributed by atoms with Crippen molar-refractivity contribution < 1.29 is 4.79 Å². The zero-order chi connectivity index (χ0) is 12.1. The second-order valence-electron chi connectivity index (χ2n) is 4.28. The number of hydrogen-bond acceptors (Lipinski definition) is 3. The van der Waals surface area contributed by atoms with Gasteiger partial charge in [0.25, 0.3) is 0 Å². The fourth-order valence-corrected chi connectivity index (χ4v) is 1.44. The van der Waals surface area contributed by atoms with Crippen LogP contribution in [-0.4, -0.2) is 10.8 Å². The molecule has 1 aromatic rings. The van der Waals surface area contributed by atoms with Gasteiger partial charge in [-0.2, -0.15) is 5.26 Å². The average Bonchev–Trinajstić information content (AvgIpc) is 2.30. The molecule has 0 aliphatic carbocycles. The lowest BCUT2D eigenvalue weighted by Crippen LogP contribution is -2.23. The van der Waals surface area contributed by atoms with Crippen molar-refractivity contribution in [2.75, 3.05) is 0 Å². The number of hydrogen-bond donors (Lipinski definition) is 0. The molecule has 0 N–H and O–H groups in total. The van der Waals surface area contributed by atoms with E-state index < -0.39 is 5.92 Å². The van der Waals surface area contributed by atoms with Crippen molar-refractivity contribution in [3.63, 3.8) is 0 Å². The van der Waals surface area contributed by atoms with E-state index in [1.807, 2.05) is 20.8 Å². The van der Waals surface area contributed by atoms with Crippen molar-refractivity contribution in [2.24, 2.45) is 11.8 Å². The van der Waals surface area contributed by atoms with Gasteiger partial charge in [0, 0.05) is 18.3 Å². The Bertz CT molecular complexity index is 392. The first-order valence-corrected chi connectivity index (χ1v) is 5.41. The molecular weight excluding hydrogens is 200 g/mol. The van der Waals surface area contributed by atoms with Crippen molar-refractivity contribution in [1.29, 1.82) is 5.26 Å². The van der Waals surface area contributed by atoms with Crippen LogP contribution >= 0.6 is 0 Å². The van der Waals surface area contributed by atoms with Gasteiger partial charge in [-0.15, -0.1) is 0 Å². The Morgan fingerprint density at radius 1 is 1.44 bits per heavy atom. The molecule has 0 radical (unpaired) electrons. The predicted molar refractivity (Wildman–Crippen MR) is 61.6 cm³/mol. The molecule has 1 heterocycles. The van der Waals surface area contributed by atoms with Gasteiger partial charge in [0.1, 0.15) is 5.92 Å². The second-order valence-corrected chi connectivity index (χ2v) is 4.28. The lowest BCUT2D eigenvalue weighted by molar-refractivity contribution is -0.123. The fourth-order valence-electron chi connectivity index (χ4n) is 1.44. The molecule has 16 heavy (non-hydrogen) atoms. The molecule has 3 heteroatoms. The second kappa shape index (κ2) is 5.41. The highest BCUT2D eigenvalue weighted by molar-refractivity contribution is 5.90. The summed E-state index contributed by atoms with van der Waals surface area (Å²) in [5, 5.41) is 9.08. The smallest absolute Gasteiger partial charge is 0.157 e. The summed E-state index contributed by atoms with van der Waals surface area (Å²) >= 11 is 0. The van der Waals surface area contributed by atoms with Crippen LogP contribution in [0, 0.1) is 23.2 Å². The molecule has 0 saturated heterocycles. The minimum Gasteiger partial charge on any atom is -0.298 e. The lowest BCUT2D eigenvalue weighted by Gasteiger charge is -2.17. The number of nitrogens with zero attached hydrogens (tertiary/aromatic N) is 2. The first kappa shape index (κ1) is 12.4. The van der Waals surface area contributed by atoms with Crippen LogP contribution in [0.25, 0.3) is 0 Å². The summed E-state index contributed by atoms with van der Waals surface area (Å²) in [7, 11) is 0. The van der Waals surface area contributed by atoms with Gasteiger partial charge >= 0.3 is 0 Å². The van der Waals surface area contributed by atoms with Crippen molar-refractivity contribution in [2.45, 2.75) is 26.7 Å². The van der Waals surface area contributed by atoms with Gasteiger partial charge in [0.2, 0.25) is 0 Å². The Balaban J connectivity index is 2.93. The summed E-state index contributed by atoms with van der Waals surface area (Å²) in [6.07, 6.45) is 3.22. The van der Waals surface area contributed by atoms with E-state index in [2.05, 4.69) is 11.1 Å². The third kappa shape index (κ3) is 2.66. The first-order chi connectivity index (χ1) is 7.57. The highest BCUT2D eigenvalue weighted by Gasteiger charge is 2.27. The van der Waals surface area contributed by atoms with Crippen LogP contribution in [0.4, 0.5) is 0 Å². The van der Waals surface area contributed by atoms with Crippen LogP contribution in [0.2, 0.25) is 0 Å². The summed E-state index contributed by atoms with van der Waals surface area (Å²) in [6.45, 7) is 5.84. The summed E-state index contributed by atoms with van der Waals surface area (Å²) in [5.74, 6) is -0.568. The number of nitriles is 1. The minimum atomic E-state index is -0.689. The Kier molecular flexibility index (Phi) is 4.19. The minimum absolute atomic E-state index is 0.0227. The zero-order valence-corrected chi connectivity index (χ0v) is 9.84. The molecule has 2 atom stereocenters. The molecule has 0 bridgehead atoms. The fraction of sp³-hybridized carbons (Fsp3) is 0.462. The maximum Gasteiger partial charge on any atom is 0.157 e. The molecule has 0 aliphatic heterocycles. The monoisotopic (exact) mass is 216 g/mol. The topological polar surface area (TPSA) is 53.8 Å². The molecule has 0 fully saturated rings. The largest absolute Gasteiger partial charge is 0.298 e. The van der Waals surface area contributed by atoms with Crippen molar-refractivity contribution in [3.05, 3.63) is 30.1 Å². The number of rotatable bonds is 4. The first-order valence-electron chi connectivity index (χ1n) is 5.41. The van der Waals surface area contributed by atoms with Crippen LogP contribution in [0.5, 0.6) is 0 Å². The third-order valence-electron chi connectivity index (χ3n) is 2.88. The number of pyridine rings is 1. The zero-order valence-electron chi connectivity index (χ0n) is 9.84. The van der Waals surface area contributed by atoms with E-state index in [1.54, 1.807) is 24.5 Å². The number of carbonyl (C=O) groups excluding carboxylic acids is 1. The SMILES string of the molecule is CC(C)C(C)C(=O)C(C#N)c1cccnc1. The molecule has 1 aromatic heterocycles. The molecule has 1 rings (SSSR count). The maximum absolute atomic E-state index is 12.1. The molecule has 0 spiro atoms. The van der Waals surface area contributed by atoms with E-state index >= 15 is 0 Å². The van der Waals surface area contributed by atoms with Crippen LogP contribution < -0.4 is 0 Å². The summed E-state index contributed by atoms with van der Waals surface area (Å²) in [6, 6.07) is 5.58. The van der Waals surface area contributed by atoms with Gasteiger partial charge in [0.15, 0.2) is 5.78 Å². The van der Waals surface area contributed by atoms with Gasteiger partial charge in [-0.05, 0) is 17.5 Å². The van der Waals surface area contributed by atoms with E-state index in [1.165, 1.54) is 0 Å². The normalized spacial score (nSPS) is 14.2. The van der Waals surface area contributed by atoms with Gasteiger partial charge in [0.05, 0.1) is 6.07 Å². The number of ketones is 1. The quantitative estimate of drug-likeness (QED) is 0.777. The highest BCUT2D eigenvalue weighted by Crippen LogP contribution is 2.22. The Labute approximate surface area is 96.1 Å². The molecule has 0 aliphatic rings. The van der Waals surface area contributed by atoms with E-state index in [0.29, 0.717) is 5.56 Å².